The van der Waals surface area contributed by atoms with Gasteiger partial charge < -0.3 is 15.3 Å². The second-order valence-corrected chi connectivity index (χ2v) is 7.11. The minimum Gasteiger partial charge on any atom is -0.396 e. The van der Waals surface area contributed by atoms with E-state index in [1.54, 1.807) is 0 Å². The minimum absolute atomic E-state index is 0.0415. The van der Waals surface area contributed by atoms with Crippen molar-refractivity contribution >= 4 is 17.3 Å². The maximum Gasteiger partial charge on any atom is 0.238 e. The van der Waals surface area contributed by atoms with Crippen LogP contribution >= 0.6 is 0 Å². The Bertz CT molecular complexity index is 530. The highest BCUT2D eigenvalue weighted by Gasteiger charge is 2.25. The third-order valence-corrected chi connectivity index (χ3v) is 4.99. The Kier molecular flexibility index (Phi) is 7.72. The second kappa shape index (κ2) is 9.78. The number of rotatable bonds is 9. The molecule has 1 aliphatic rings. The fraction of sp³-hybridized carbons (Fsp3) is 0.650. The Hall–Kier alpha value is -1.59. The van der Waals surface area contributed by atoms with Gasteiger partial charge in [0.25, 0.3) is 0 Å². The molecule has 1 aliphatic heterocycles. The number of benzene rings is 1. The predicted octanol–water partition coefficient (Wildman–Crippen LogP) is 3.10. The molecule has 5 heteroatoms. The fourth-order valence-electron chi connectivity index (χ4n) is 3.72. The number of carbonyl (C=O) groups excluding carboxylic acids is 1. The first-order valence-corrected chi connectivity index (χ1v) is 9.56. The van der Waals surface area contributed by atoms with Gasteiger partial charge in [0.2, 0.25) is 5.91 Å². The van der Waals surface area contributed by atoms with Crippen LogP contribution < -0.4 is 10.2 Å². The summed E-state index contributed by atoms with van der Waals surface area (Å²) in [7, 11) is 0. The molecule has 2 N–H and O–H groups in total. The van der Waals surface area contributed by atoms with Crippen LogP contribution in [0.2, 0.25) is 0 Å². The summed E-state index contributed by atoms with van der Waals surface area (Å²) in [6, 6.07) is 8.98. The molecule has 2 rings (SSSR count). The number of nitrogens with zero attached hydrogens (tertiary/aromatic N) is 2. The van der Waals surface area contributed by atoms with E-state index < -0.39 is 0 Å². The van der Waals surface area contributed by atoms with E-state index in [9.17, 15) is 4.79 Å². The second-order valence-electron chi connectivity index (χ2n) is 7.11. The topological polar surface area (TPSA) is 55.8 Å². The monoisotopic (exact) mass is 347 g/mol. The zero-order chi connectivity index (χ0) is 18.2. The molecule has 1 saturated heterocycles. The van der Waals surface area contributed by atoms with E-state index in [4.69, 9.17) is 5.11 Å². The van der Waals surface area contributed by atoms with Crippen molar-refractivity contribution in [2.75, 3.05) is 36.5 Å². The Labute approximate surface area is 152 Å². The Balaban J connectivity index is 1.88. The molecular weight excluding hydrogens is 314 g/mol. The van der Waals surface area contributed by atoms with Gasteiger partial charge in [-0.1, -0.05) is 0 Å². The van der Waals surface area contributed by atoms with Crippen molar-refractivity contribution in [2.24, 2.45) is 0 Å². The van der Waals surface area contributed by atoms with Crippen molar-refractivity contribution in [3.63, 3.8) is 0 Å². The summed E-state index contributed by atoms with van der Waals surface area (Å²) in [4.78, 5) is 16.9. The number of hydrogen-bond donors (Lipinski definition) is 2. The summed E-state index contributed by atoms with van der Waals surface area (Å²) in [5.41, 5.74) is 2.03. The van der Waals surface area contributed by atoms with E-state index in [2.05, 4.69) is 48.0 Å². The number of carbonyl (C=O) groups is 1. The smallest absolute Gasteiger partial charge is 0.238 e. The van der Waals surface area contributed by atoms with Crippen LogP contribution in [0.5, 0.6) is 0 Å². The fourth-order valence-corrected chi connectivity index (χ4v) is 3.72. The molecule has 0 radical (unpaired) electrons. The Morgan fingerprint density at radius 2 is 2.08 bits per heavy atom. The Morgan fingerprint density at radius 3 is 2.68 bits per heavy atom. The van der Waals surface area contributed by atoms with Gasteiger partial charge in [0.05, 0.1) is 6.54 Å². The number of hydrogen-bond acceptors (Lipinski definition) is 4. The van der Waals surface area contributed by atoms with E-state index >= 15 is 0 Å². The van der Waals surface area contributed by atoms with Gasteiger partial charge in [-0.3, -0.25) is 9.69 Å². The number of likely N-dealkylation sites (tertiary alicyclic amines) is 1. The third kappa shape index (κ3) is 5.72. The lowest BCUT2D eigenvalue weighted by atomic mass is 10.1. The van der Waals surface area contributed by atoms with Crippen LogP contribution in [0.1, 0.15) is 46.5 Å². The summed E-state index contributed by atoms with van der Waals surface area (Å²) >= 11 is 0. The highest BCUT2D eigenvalue weighted by atomic mass is 16.3. The van der Waals surface area contributed by atoms with Crippen molar-refractivity contribution in [1.29, 1.82) is 0 Å². The van der Waals surface area contributed by atoms with Crippen LogP contribution in [0.15, 0.2) is 24.3 Å². The van der Waals surface area contributed by atoms with Gasteiger partial charge >= 0.3 is 0 Å². The average molecular weight is 348 g/mol. The SMILES string of the molecule is CCN(c1ccc(NC(=O)CN2CCCC2CCCO)cc1)C(C)C. The molecule has 0 bridgehead atoms. The molecule has 0 aliphatic carbocycles. The lowest BCUT2D eigenvalue weighted by Gasteiger charge is -2.27. The van der Waals surface area contributed by atoms with Crippen molar-refractivity contribution < 1.29 is 9.90 Å². The minimum atomic E-state index is 0.0415. The first kappa shape index (κ1) is 19.7. The number of anilines is 2. The molecule has 0 saturated carbocycles. The molecule has 140 valence electrons. The molecule has 1 aromatic rings. The van der Waals surface area contributed by atoms with Gasteiger partial charge in [-0.15, -0.1) is 0 Å². The first-order valence-electron chi connectivity index (χ1n) is 9.56. The molecule has 25 heavy (non-hydrogen) atoms. The summed E-state index contributed by atoms with van der Waals surface area (Å²) in [5, 5.41) is 12.0. The zero-order valence-corrected chi connectivity index (χ0v) is 15.9. The lowest BCUT2D eigenvalue weighted by Crippen LogP contribution is -2.36. The van der Waals surface area contributed by atoms with Gasteiger partial charge in [0, 0.05) is 36.6 Å². The van der Waals surface area contributed by atoms with Crippen LogP contribution in [0.4, 0.5) is 11.4 Å². The predicted molar refractivity (Wildman–Crippen MR) is 104 cm³/mol. The quantitative estimate of drug-likeness (QED) is 0.721. The van der Waals surface area contributed by atoms with Gasteiger partial charge in [-0.25, -0.2) is 0 Å². The van der Waals surface area contributed by atoms with Crippen LogP contribution in [-0.2, 0) is 4.79 Å². The lowest BCUT2D eigenvalue weighted by molar-refractivity contribution is -0.117. The molecule has 1 amide bonds. The van der Waals surface area contributed by atoms with Crippen molar-refractivity contribution in [2.45, 2.75) is 58.5 Å². The van der Waals surface area contributed by atoms with Gasteiger partial charge in [0.1, 0.15) is 0 Å². The van der Waals surface area contributed by atoms with E-state index in [-0.39, 0.29) is 12.5 Å². The average Bonchev–Trinajstić information content (AvgIpc) is 3.01. The summed E-state index contributed by atoms with van der Waals surface area (Å²) < 4.78 is 0. The maximum absolute atomic E-state index is 12.4. The standard InChI is InChI=1S/C20H33N3O2/c1-4-23(16(2)3)19-11-9-17(10-12-19)21-20(25)15-22-13-5-7-18(22)8-6-14-24/h9-12,16,18,24H,4-8,13-15H2,1-3H3,(H,21,25). The highest BCUT2D eigenvalue weighted by molar-refractivity contribution is 5.92. The van der Waals surface area contributed by atoms with E-state index in [1.165, 1.54) is 5.69 Å². The zero-order valence-electron chi connectivity index (χ0n) is 15.9. The van der Waals surface area contributed by atoms with Gasteiger partial charge in [-0.05, 0) is 77.3 Å². The number of nitrogens with one attached hydrogen (secondary N) is 1. The molecule has 1 atom stereocenters. The first-order chi connectivity index (χ1) is 12.0. The van der Waals surface area contributed by atoms with E-state index in [0.717, 1.165) is 44.5 Å². The molecule has 0 aromatic heterocycles. The molecule has 1 unspecified atom stereocenters. The highest BCUT2D eigenvalue weighted by Crippen LogP contribution is 2.22. The molecule has 1 heterocycles. The normalized spacial score (nSPS) is 17.9. The molecular formula is C20H33N3O2. The van der Waals surface area contributed by atoms with Crippen molar-refractivity contribution in [3.8, 4) is 0 Å². The van der Waals surface area contributed by atoms with Gasteiger partial charge in [-0.2, -0.15) is 0 Å². The molecule has 1 fully saturated rings. The van der Waals surface area contributed by atoms with Crippen molar-refractivity contribution in [1.82, 2.24) is 4.90 Å². The Morgan fingerprint density at radius 1 is 1.36 bits per heavy atom. The number of amides is 1. The molecule has 1 aromatic carbocycles. The molecule has 0 spiro atoms. The van der Waals surface area contributed by atoms with Crippen LogP contribution in [-0.4, -0.2) is 54.2 Å². The largest absolute Gasteiger partial charge is 0.396 e. The third-order valence-electron chi connectivity index (χ3n) is 4.99. The van der Waals surface area contributed by atoms with Crippen LogP contribution in [0.3, 0.4) is 0 Å². The van der Waals surface area contributed by atoms with Gasteiger partial charge in [0.15, 0.2) is 0 Å². The maximum atomic E-state index is 12.4. The van der Waals surface area contributed by atoms with Crippen LogP contribution in [0, 0.1) is 0 Å². The van der Waals surface area contributed by atoms with Crippen molar-refractivity contribution in [3.05, 3.63) is 24.3 Å². The summed E-state index contributed by atoms with van der Waals surface area (Å²) in [6.45, 7) is 9.12. The van der Waals surface area contributed by atoms with Crippen LogP contribution in [0.25, 0.3) is 0 Å². The molecule has 5 nitrogen and oxygen atoms in total. The van der Waals surface area contributed by atoms with E-state index in [0.29, 0.717) is 18.6 Å². The number of aliphatic hydroxyl groups is 1. The number of aliphatic hydroxyl groups excluding tert-OH is 1. The summed E-state index contributed by atoms with van der Waals surface area (Å²) in [6.07, 6.45) is 4.05. The van der Waals surface area contributed by atoms with E-state index in [1.807, 2.05) is 12.1 Å². The summed E-state index contributed by atoms with van der Waals surface area (Å²) in [5.74, 6) is 0.0415.